The Bertz CT molecular complexity index is 597. The summed E-state index contributed by atoms with van der Waals surface area (Å²) in [6.07, 6.45) is 6.11. The molecule has 0 amide bonds. The van der Waals surface area contributed by atoms with Crippen LogP contribution in [0.25, 0.3) is 5.52 Å². The van der Waals surface area contributed by atoms with E-state index < -0.39 is 0 Å². The van der Waals surface area contributed by atoms with Gasteiger partial charge in [0.25, 0.3) is 0 Å². The minimum absolute atomic E-state index is 0.331. The Morgan fingerprint density at radius 2 is 2.29 bits per heavy atom. The first-order valence-electron chi connectivity index (χ1n) is 5.77. The Kier molecular flexibility index (Phi) is 2.18. The first-order chi connectivity index (χ1) is 8.20. The molecule has 1 saturated carbocycles. The van der Waals surface area contributed by atoms with Gasteiger partial charge in [-0.2, -0.15) is 5.10 Å². The van der Waals surface area contributed by atoms with Crippen molar-refractivity contribution in [1.82, 2.24) is 9.61 Å². The quantitative estimate of drug-likeness (QED) is 0.743. The second kappa shape index (κ2) is 3.58. The van der Waals surface area contributed by atoms with Gasteiger partial charge in [0.2, 0.25) is 0 Å². The maximum absolute atomic E-state index is 11.6. The number of ether oxygens (including phenoxy) is 1. The van der Waals surface area contributed by atoms with Crippen molar-refractivity contribution in [3.8, 4) is 0 Å². The number of pyridine rings is 1. The minimum Gasteiger partial charge on any atom is -0.465 e. The number of fused-ring (bicyclic) bond motifs is 1. The Balaban J connectivity index is 2.19. The van der Waals surface area contributed by atoms with Crippen LogP contribution >= 0.6 is 0 Å². The second-order valence-corrected chi connectivity index (χ2v) is 4.57. The van der Waals surface area contributed by atoms with Gasteiger partial charge >= 0.3 is 5.97 Å². The number of aromatic nitrogens is 2. The summed E-state index contributed by atoms with van der Waals surface area (Å²) < 4.78 is 6.54. The summed E-state index contributed by atoms with van der Waals surface area (Å²) in [5.74, 6) is 0.353. The van der Waals surface area contributed by atoms with E-state index in [1.165, 1.54) is 25.5 Å². The molecule has 0 aromatic carbocycles. The molecule has 0 saturated heterocycles. The molecule has 2 aromatic heterocycles. The molecule has 17 heavy (non-hydrogen) atoms. The lowest BCUT2D eigenvalue weighted by Crippen LogP contribution is -2.02. The molecule has 3 rings (SSSR count). The van der Waals surface area contributed by atoms with E-state index in [9.17, 15) is 4.79 Å². The van der Waals surface area contributed by atoms with Crippen LogP contribution in [0.4, 0.5) is 0 Å². The van der Waals surface area contributed by atoms with E-state index >= 15 is 0 Å². The van der Waals surface area contributed by atoms with E-state index in [1.807, 2.05) is 13.1 Å². The normalized spacial score (nSPS) is 15.2. The van der Waals surface area contributed by atoms with Gasteiger partial charge in [-0.3, -0.25) is 0 Å². The van der Waals surface area contributed by atoms with E-state index in [1.54, 1.807) is 10.7 Å². The summed E-state index contributed by atoms with van der Waals surface area (Å²) >= 11 is 0. The number of carbonyl (C=O) groups is 1. The topological polar surface area (TPSA) is 43.6 Å². The van der Waals surface area contributed by atoms with Gasteiger partial charge in [0, 0.05) is 6.20 Å². The highest BCUT2D eigenvalue weighted by Crippen LogP contribution is 2.40. The Morgan fingerprint density at radius 1 is 1.53 bits per heavy atom. The number of carbonyl (C=O) groups excluding carboxylic acids is 1. The van der Waals surface area contributed by atoms with Gasteiger partial charge in [-0.05, 0) is 36.8 Å². The third-order valence-corrected chi connectivity index (χ3v) is 3.28. The third-order valence-electron chi connectivity index (χ3n) is 3.28. The highest BCUT2D eigenvalue weighted by atomic mass is 16.5. The maximum Gasteiger partial charge on any atom is 0.341 e. The van der Waals surface area contributed by atoms with Crippen molar-refractivity contribution in [3.63, 3.8) is 0 Å². The molecule has 2 aromatic rings. The first-order valence-corrected chi connectivity index (χ1v) is 5.77. The molecule has 2 heterocycles. The molecule has 1 aliphatic rings. The summed E-state index contributed by atoms with van der Waals surface area (Å²) in [6, 6.07) is 2.15. The van der Waals surface area contributed by atoms with Crippen LogP contribution in [0, 0.1) is 6.92 Å². The van der Waals surface area contributed by atoms with Gasteiger partial charge < -0.3 is 4.74 Å². The standard InChI is InChI=1S/C13H14N2O2/c1-8-5-10(9-3-4-9)7-15-12(8)11(6-14-15)13(16)17-2/h5-7,9H,3-4H2,1-2H3. The fourth-order valence-electron chi connectivity index (χ4n) is 2.25. The SMILES string of the molecule is COC(=O)c1cnn2cc(C3CC3)cc(C)c12. The van der Waals surface area contributed by atoms with Gasteiger partial charge in [-0.15, -0.1) is 0 Å². The molecule has 0 unspecified atom stereocenters. The zero-order valence-corrected chi connectivity index (χ0v) is 9.93. The van der Waals surface area contributed by atoms with Crippen LogP contribution in [0.15, 0.2) is 18.5 Å². The van der Waals surface area contributed by atoms with Crippen molar-refractivity contribution in [2.24, 2.45) is 0 Å². The molecule has 0 N–H and O–H groups in total. The summed E-state index contributed by atoms with van der Waals surface area (Å²) in [4.78, 5) is 11.6. The monoisotopic (exact) mass is 230 g/mol. The van der Waals surface area contributed by atoms with Gasteiger partial charge in [-0.1, -0.05) is 6.07 Å². The molecule has 0 radical (unpaired) electrons. The largest absolute Gasteiger partial charge is 0.465 e. The molecule has 88 valence electrons. The van der Waals surface area contributed by atoms with E-state index in [0.29, 0.717) is 11.5 Å². The average Bonchev–Trinajstić information content (AvgIpc) is 3.08. The van der Waals surface area contributed by atoms with Gasteiger partial charge in [0.1, 0.15) is 5.56 Å². The molecule has 4 nitrogen and oxygen atoms in total. The third kappa shape index (κ3) is 1.60. The molecule has 4 heteroatoms. The van der Waals surface area contributed by atoms with Gasteiger partial charge in [-0.25, -0.2) is 9.31 Å². The molecule has 0 aliphatic heterocycles. The smallest absolute Gasteiger partial charge is 0.341 e. The number of methoxy groups -OCH3 is 1. The fourth-order valence-corrected chi connectivity index (χ4v) is 2.25. The molecule has 0 spiro atoms. The van der Waals surface area contributed by atoms with E-state index in [4.69, 9.17) is 4.74 Å². The van der Waals surface area contributed by atoms with Crippen LogP contribution in [-0.2, 0) is 4.74 Å². The number of hydrogen-bond acceptors (Lipinski definition) is 3. The summed E-state index contributed by atoms with van der Waals surface area (Å²) in [5.41, 5.74) is 3.77. The molecular formula is C13H14N2O2. The number of aryl methyl sites for hydroxylation is 1. The molecular weight excluding hydrogens is 216 g/mol. The molecule has 0 atom stereocenters. The summed E-state index contributed by atoms with van der Waals surface area (Å²) in [7, 11) is 1.39. The van der Waals surface area contributed by atoms with Crippen LogP contribution in [0.2, 0.25) is 0 Å². The number of nitrogens with zero attached hydrogens (tertiary/aromatic N) is 2. The molecule has 1 fully saturated rings. The minimum atomic E-state index is -0.331. The van der Waals surface area contributed by atoms with E-state index in [2.05, 4.69) is 11.2 Å². The highest BCUT2D eigenvalue weighted by Gasteiger charge is 2.25. The maximum atomic E-state index is 11.6. The average molecular weight is 230 g/mol. The predicted molar refractivity (Wildman–Crippen MR) is 63.2 cm³/mol. The van der Waals surface area contributed by atoms with Crippen molar-refractivity contribution in [2.75, 3.05) is 7.11 Å². The zero-order chi connectivity index (χ0) is 12.0. The lowest BCUT2D eigenvalue weighted by Gasteiger charge is -2.05. The van der Waals surface area contributed by atoms with Crippen molar-refractivity contribution < 1.29 is 9.53 Å². The number of rotatable bonds is 2. The van der Waals surface area contributed by atoms with Crippen molar-refractivity contribution in [2.45, 2.75) is 25.7 Å². The van der Waals surface area contributed by atoms with Gasteiger partial charge in [0.05, 0.1) is 18.8 Å². The lowest BCUT2D eigenvalue weighted by atomic mass is 10.1. The number of hydrogen-bond donors (Lipinski definition) is 0. The van der Waals surface area contributed by atoms with Crippen molar-refractivity contribution in [3.05, 3.63) is 35.2 Å². The number of esters is 1. The van der Waals surface area contributed by atoms with Crippen molar-refractivity contribution >= 4 is 11.5 Å². The summed E-state index contributed by atoms with van der Waals surface area (Å²) in [5, 5.41) is 4.24. The highest BCUT2D eigenvalue weighted by molar-refractivity contribution is 5.97. The Morgan fingerprint density at radius 3 is 2.94 bits per heavy atom. The second-order valence-electron chi connectivity index (χ2n) is 4.57. The molecule has 1 aliphatic carbocycles. The van der Waals surface area contributed by atoms with Crippen LogP contribution in [0.5, 0.6) is 0 Å². The van der Waals surface area contributed by atoms with Gasteiger partial charge in [0.15, 0.2) is 0 Å². The predicted octanol–water partition coefficient (Wildman–Crippen LogP) is 2.31. The fraction of sp³-hybridized carbons (Fsp3) is 0.385. The van der Waals surface area contributed by atoms with Crippen LogP contribution in [0.3, 0.4) is 0 Å². The van der Waals surface area contributed by atoms with Crippen LogP contribution < -0.4 is 0 Å². The Labute approximate surface area is 99.2 Å². The van der Waals surface area contributed by atoms with Crippen molar-refractivity contribution in [1.29, 1.82) is 0 Å². The molecule has 0 bridgehead atoms. The van der Waals surface area contributed by atoms with Crippen LogP contribution in [-0.4, -0.2) is 22.7 Å². The summed E-state index contributed by atoms with van der Waals surface area (Å²) in [6.45, 7) is 2.01. The lowest BCUT2D eigenvalue weighted by molar-refractivity contribution is 0.0603. The van der Waals surface area contributed by atoms with Crippen LogP contribution in [0.1, 0.15) is 40.2 Å². The first kappa shape index (κ1) is 10.3. The van der Waals surface area contributed by atoms with E-state index in [-0.39, 0.29) is 5.97 Å². The Hall–Kier alpha value is -1.84. The van der Waals surface area contributed by atoms with E-state index in [0.717, 1.165) is 11.1 Å². The zero-order valence-electron chi connectivity index (χ0n) is 9.93.